The van der Waals surface area contributed by atoms with Gasteiger partial charge in [-0.05, 0) is 43.2 Å². The molecule has 0 heterocycles. The molecule has 0 spiro atoms. The van der Waals surface area contributed by atoms with Crippen molar-refractivity contribution in [2.24, 2.45) is 5.10 Å². The molecule has 0 aliphatic rings. The highest BCUT2D eigenvalue weighted by molar-refractivity contribution is 7.89. The minimum absolute atomic E-state index is 0.246. The Kier molecular flexibility index (Phi) is 7.54. The van der Waals surface area contributed by atoms with Crippen molar-refractivity contribution in [1.82, 2.24) is 4.83 Å². The predicted octanol–water partition coefficient (Wildman–Crippen LogP) is 3.40. The lowest BCUT2D eigenvalue weighted by Crippen LogP contribution is -2.18. The molecule has 29 heavy (non-hydrogen) atoms. The largest absolute Gasteiger partial charge is 0.493 e. The number of ether oxygens (including phenoxy) is 2. The summed E-state index contributed by atoms with van der Waals surface area (Å²) in [5, 5.41) is 14.7. The van der Waals surface area contributed by atoms with Gasteiger partial charge in [0.1, 0.15) is 0 Å². The summed E-state index contributed by atoms with van der Waals surface area (Å²) in [6.45, 7) is 4.17. The number of hydrogen-bond acceptors (Lipinski definition) is 7. The summed E-state index contributed by atoms with van der Waals surface area (Å²) in [6.07, 6.45) is 3.24. The van der Waals surface area contributed by atoms with Gasteiger partial charge in [0.2, 0.25) is 0 Å². The maximum absolute atomic E-state index is 12.3. The van der Waals surface area contributed by atoms with Crippen molar-refractivity contribution in [3.63, 3.8) is 0 Å². The van der Waals surface area contributed by atoms with Crippen LogP contribution in [-0.4, -0.2) is 33.3 Å². The molecule has 0 saturated carbocycles. The van der Waals surface area contributed by atoms with Crippen molar-refractivity contribution in [3.8, 4) is 11.5 Å². The highest BCUT2D eigenvalue weighted by Gasteiger charge is 2.19. The summed E-state index contributed by atoms with van der Waals surface area (Å²) in [6, 6.07) is 8.74. The number of nitro groups is 1. The molecule has 1 N–H and O–H groups in total. The van der Waals surface area contributed by atoms with E-state index >= 15 is 0 Å². The maximum Gasteiger partial charge on any atom is 0.276 e. The molecule has 0 radical (unpaired) electrons. The van der Waals surface area contributed by atoms with Crippen LogP contribution in [0.25, 0.3) is 0 Å². The van der Waals surface area contributed by atoms with Gasteiger partial charge in [0, 0.05) is 11.6 Å². The van der Waals surface area contributed by atoms with Gasteiger partial charge in [-0.25, -0.2) is 4.83 Å². The average Bonchev–Trinajstić information content (AvgIpc) is 2.68. The number of hydrogen-bond donors (Lipinski definition) is 1. The highest BCUT2D eigenvalue weighted by atomic mass is 32.2. The van der Waals surface area contributed by atoms with E-state index in [1.807, 2.05) is 0 Å². The molecule has 0 aliphatic carbocycles. The topological polar surface area (TPSA) is 120 Å². The first-order chi connectivity index (χ1) is 13.8. The Morgan fingerprint density at radius 3 is 2.62 bits per heavy atom. The predicted molar refractivity (Wildman–Crippen MR) is 109 cm³/mol. The maximum atomic E-state index is 12.3. The first kappa shape index (κ1) is 22.2. The number of nitrogens with one attached hydrogen (secondary N) is 1. The van der Waals surface area contributed by atoms with Crippen LogP contribution in [0.2, 0.25) is 0 Å². The molecule has 156 valence electrons. The summed E-state index contributed by atoms with van der Waals surface area (Å²) < 4.78 is 35.6. The molecule has 0 fully saturated rings. The van der Waals surface area contributed by atoms with Crippen molar-refractivity contribution >= 4 is 21.9 Å². The minimum Gasteiger partial charge on any atom is -0.493 e. The second-order valence-electron chi connectivity index (χ2n) is 6.17. The lowest BCUT2D eigenvalue weighted by atomic mass is 10.2. The first-order valence-corrected chi connectivity index (χ1v) is 10.4. The molecule has 0 unspecified atom stereocenters. The van der Waals surface area contributed by atoms with Gasteiger partial charge in [-0.3, -0.25) is 10.1 Å². The van der Waals surface area contributed by atoms with E-state index in [1.54, 1.807) is 18.2 Å². The number of nitro benzene ring substituents is 1. The zero-order valence-corrected chi connectivity index (χ0v) is 17.2. The van der Waals surface area contributed by atoms with E-state index < -0.39 is 14.9 Å². The van der Waals surface area contributed by atoms with Crippen LogP contribution in [0.5, 0.6) is 11.5 Å². The second-order valence-corrected chi connectivity index (χ2v) is 7.83. The van der Waals surface area contributed by atoms with E-state index in [9.17, 15) is 18.5 Å². The Hall–Kier alpha value is -3.14. The molecule has 2 rings (SSSR count). The third-order valence-electron chi connectivity index (χ3n) is 4.02. The third-order valence-corrected chi connectivity index (χ3v) is 5.24. The lowest BCUT2D eigenvalue weighted by Gasteiger charge is -2.10. The standard InChI is InChI=1S/C19H23N3O6S/c1-4-5-10-28-18-9-7-15(11-19(18)27-3)13-20-21-29(25,26)16-8-6-14(2)17(12-16)22(23)24/h6-9,11-13,21H,4-5,10H2,1-3H3/b20-13-. The SMILES string of the molecule is CCCCOc1ccc(/C=N\NS(=O)(=O)c2ccc(C)c([N+](=O)[O-])c2)cc1OC. The second kappa shape index (κ2) is 9.87. The molecule has 0 atom stereocenters. The Morgan fingerprint density at radius 2 is 1.97 bits per heavy atom. The van der Waals surface area contributed by atoms with Crippen molar-refractivity contribution in [2.75, 3.05) is 13.7 Å². The van der Waals surface area contributed by atoms with Crippen LogP contribution in [0.3, 0.4) is 0 Å². The van der Waals surface area contributed by atoms with Gasteiger partial charge in [-0.2, -0.15) is 13.5 Å². The zero-order valence-electron chi connectivity index (χ0n) is 16.4. The smallest absolute Gasteiger partial charge is 0.276 e. The summed E-state index contributed by atoms with van der Waals surface area (Å²) in [4.78, 5) is 12.2. The molecule has 9 nitrogen and oxygen atoms in total. The average molecular weight is 421 g/mol. The number of aryl methyl sites for hydroxylation is 1. The van der Waals surface area contributed by atoms with Crippen molar-refractivity contribution in [2.45, 2.75) is 31.6 Å². The van der Waals surface area contributed by atoms with Crippen LogP contribution in [0.1, 0.15) is 30.9 Å². The fraction of sp³-hybridized carbons (Fsp3) is 0.316. The van der Waals surface area contributed by atoms with E-state index in [0.29, 0.717) is 29.2 Å². The molecule has 2 aromatic rings. The Balaban J connectivity index is 2.14. The Bertz CT molecular complexity index is 1000. The molecule has 0 saturated heterocycles. The molecular formula is C19H23N3O6S. The zero-order chi connectivity index (χ0) is 21.4. The van der Waals surface area contributed by atoms with Crippen LogP contribution >= 0.6 is 0 Å². The van der Waals surface area contributed by atoms with Gasteiger partial charge in [0.05, 0.1) is 29.8 Å². The highest BCUT2D eigenvalue weighted by Crippen LogP contribution is 2.28. The van der Waals surface area contributed by atoms with E-state index in [4.69, 9.17) is 9.47 Å². The molecule has 10 heteroatoms. The van der Waals surface area contributed by atoms with Gasteiger partial charge in [-0.15, -0.1) is 0 Å². The number of sulfonamides is 1. The number of nitrogens with zero attached hydrogens (tertiary/aromatic N) is 2. The Labute approximate surface area is 169 Å². The number of rotatable bonds is 10. The van der Waals surface area contributed by atoms with Crippen molar-refractivity contribution in [3.05, 3.63) is 57.6 Å². The number of methoxy groups -OCH3 is 1. The summed E-state index contributed by atoms with van der Waals surface area (Å²) >= 11 is 0. The van der Waals surface area contributed by atoms with Crippen LogP contribution in [-0.2, 0) is 10.0 Å². The van der Waals surface area contributed by atoms with Gasteiger partial charge in [0.25, 0.3) is 15.7 Å². The monoisotopic (exact) mass is 421 g/mol. The van der Waals surface area contributed by atoms with Gasteiger partial charge in [0.15, 0.2) is 11.5 Å². The molecular weight excluding hydrogens is 398 g/mol. The van der Waals surface area contributed by atoms with Crippen LogP contribution in [0, 0.1) is 17.0 Å². The molecule has 0 aliphatic heterocycles. The fourth-order valence-electron chi connectivity index (χ4n) is 2.39. The van der Waals surface area contributed by atoms with E-state index in [1.165, 1.54) is 32.4 Å². The van der Waals surface area contributed by atoms with Gasteiger partial charge < -0.3 is 9.47 Å². The number of unbranched alkanes of at least 4 members (excludes halogenated alkanes) is 1. The van der Waals surface area contributed by atoms with Crippen molar-refractivity contribution in [1.29, 1.82) is 0 Å². The van der Waals surface area contributed by atoms with Crippen LogP contribution in [0.4, 0.5) is 5.69 Å². The number of benzene rings is 2. The van der Waals surface area contributed by atoms with Gasteiger partial charge >= 0.3 is 0 Å². The molecule has 0 aromatic heterocycles. The van der Waals surface area contributed by atoms with Crippen molar-refractivity contribution < 1.29 is 22.8 Å². The lowest BCUT2D eigenvalue weighted by molar-refractivity contribution is -0.385. The van der Waals surface area contributed by atoms with Crippen LogP contribution < -0.4 is 14.3 Å². The summed E-state index contributed by atoms with van der Waals surface area (Å²) in [5.74, 6) is 1.09. The van der Waals surface area contributed by atoms with E-state index in [0.717, 1.165) is 18.9 Å². The van der Waals surface area contributed by atoms with E-state index in [-0.39, 0.29) is 10.6 Å². The minimum atomic E-state index is -4.05. The Morgan fingerprint density at radius 1 is 1.21 bits per heavy atom. The van der Waals surface area contributed by atoms with Gasteiger partial charge in [-0.1, -0.05) is 19.4 Å². The summed E-state index contributed by atoms with van der Waals surface area (Å²) in [5.41, 5.74) is 0.674. The molecule has 0 bridgehead atoms. The van der Waals surface area contributed by atoms with Crippen LogP contribution in [0.15, 0.2) is 46.4 Å². The number of hydrazone groups is 1. The van der Waals surface area contributed by atoms with E-state index in [2.05, 4.69) is 16.9 Å². The summed E-state index contributed by atoms with van der Waals surface area (Å²) in [7, 11) is -2.54. The molecule has 0 amide bonds. The third kappa shape index (κ3) is 5.92. The normalized spacial score (nSPS) is 11.4. The molecule has 2 aromatic carbocycles. The first-order valence-electron chi connectivity index (χ1n) is 8.89. The fourth-order valence-corrected chi connectivity index (χ4v) is 3.20. The quantitative estimate of drug-likeness (QED) is 0.272.